The van der Waals surface area contributed by atoms with Crippen LogP contribution in [-0.4, -0.2) is 44.9 Å². The highest BCUT2D eigenvalue weighted by molar-refractivity contribution is 5.71. The van der Waals surface area contributed by atoms with E-state index in [0.717, 1.165) is 13.1 Å². The molecule has 1 aliphatic rings. The molecular weight excluding hydrogens is 160 g/mol. The molecule has 1 aliphatic heterocycles. The van der Waals surface area contributed by atoms with Crippen molar-refractivity contribution in [1.82, 2.24) is 5.32 Å². The minimum atomic E-state index is -0.385. The second-order valence-corrected chi connectivity index (χ2v) is 2.58. The second-order valence-electron chi connectivity index (χ2n) is 2.58. The van der Waals surface area contributed by atoms with Crippen molar-refractivity contribution in [3.8, 4) is 0 Å². The monoisotopic (exact) mass is 174 g/mol. The van der Waals surface area contributed by atoms with Crippen molar-refractivity contribution in [3.63, 3.8) is 0 Å². The molecular formula is C7H14N2O3. The number of hydrogen-bond acceptors (Lipinski definition) is 5. The van der Waals surface area contributed by atoms with Gasteiger partial charge in [0.1, 0.15) is 12.7 Å². The van der Waals surface area contributed by atoms with Crippen LogP contribution in [0.3, 0.4) is 0 Å². The Morgan fingerprint density at radius 1 is 1.75 bits per heavy atom. The van der Waals surface area contributed by atoms with E-state index in [-0.39, 0.29) is 18.6 Å². The second kappa shape index (κ2) is 5.08. The molecule has 0 bridgehead atoms. The number of esters is 1. The number of carbonyl (C=O) groups is 1. The molecule has 5 heteroatoms. The molecule has 1 heterocycles. The van der Waals surface area contributed by atoms with Crippen molar-refractivity contribution in [3.05, 3.63) is 0 Å². The Morgan fingerprint density at radius 2 is 2.58 bits per heavy atom. The summed E-state index contributed by atoms with van der Waals surface area (Å²) in [5.41, 5.74) is 5.06. The van der Waals surface area contributed by atoms with Gasteiger partial charge in [-0.1, -0.05) is 0 Å². The van der Waals surface area contributed by atoms with E-state index < -0.39 is 0 Å². The fraction of sp³-hybridized carbons (Fsp3) is 0.857. The Balaban J connectivity index is 2.09. The normalized spacial score (nSPS) is 23.6. The molecule has 0 spiro atoms. The summed E-state index contributed by atoms with van der Waals surface area (Å²) in [4.78, 5) is 10.6. The van der Waals surface area contributed by atoms with Gasteiger partial charge in [0.15, 0.2) is 0 Å². The maximum absolute atomic E-state index is 10.6. The molecule has 0 aromatic carbocycles. The van der Waals surface area contributed by atoms with Crippen LogP contribution in [0.25, 0.3) is 0 Å². The van der Waals surface area contributed by atoms with Gasteiger partial charge in [-0.3, -0.25) is 4.79 Å². The summed E-state index contributed by atoms with van der Waals surface area (Å²) in [5, 5.41) is 3.13. The molecule has 12 heavy (non-hydrogen) atoms. The zero-order chi connectivity index (χ0) is 8.81. The van der Waals surface area contributed by atoms with E-state index >= 15 is 0 Å². The first-order valence-electron chi connectivity index (χ1n) is 4.01. The van der Waals surface area contributed by atoms with Crippen LogP contribution < -0.4 is 11.1 Å². The molecule has 1 saturated heterocycles. The molecule has 0 saturated carbocycles. The molecule has 70 valence electrons. The van der Waals surface area contributed by atoms with Crippen LogP contribution in [0, 0.1) is 0 Å². The van der Waals surface area contributed by atoms with Crippen molar-refractivity contribution in [2.45, 2.75) is 6.10 Å². The van der Waals surface area contributed by atoms with E-state index in [2.05, 4.69) is 5.32 Å². The van der Waals surface area contributed by atoms with E-state index in [1.165, 1.54) is 0 Å². The van der Waals surface area contributed by atoms with E-state index in [9.17, 15) is 4.79 Å². The van der Waals surface area contributed by atoms with Gasteiger partial charge in [0.25, 0.3) is 0 Å². The molecule has 0 amide bonds. The highest BCUT2D eigenvalue weighted by atomic mass is 16.6. The number of morpholine rings is 1. The maximum atomic E-state index is 10.6. The van der Waals surface area contributed by atoms with Crippen LogP contribution in [-0.2, 0) is 14.3 Å². The zero-order valence-electron chi connectivity index (χ0n) is 6.91. The van der Waals surface area contributed by atoms with Gasteiger partial charge in [-0.15, -0.1) is 0 Å². The van der Waals surface area contributed by atoms with E-state index in [0.29, 0.717) is 13.2 Å². The highest BCUT2D eigenvalue weighted by Gasteiger charge is 2.14. The smallest absolute Gasteiger partial charge is 0.319 e. The minimum absolute atomic E-state index is 0.0192. The van der Waals surface area contributed by atoms with Crippen molar-refractivity contribution in [2.24, 2.45) is 5.73 Å². The molecule has 1 fully saturated rings. The molecule has 0 aromatic heterocycles. The van der Waals surface area contributed by atoms with E-state index in [1.54, 1.807) is 0 Å². The van der Waals surface area contributed by atoms with Crippen molar-refractivity contribution < 1.29 is 14.3 Å². The maximum Gasteiger partial charge on any atom is 0.319 e. The lowest BCUT2D eigenvalue weighted by atomic mass is 10.3. The average molecular weight is 174 g/mol. The molecule has 1 unspecified atom stereocenters. The van der Waals surface area contributed by atoms with Crippen molar-refractivity contribution >= 4 is 5.97 Å². The number of ether oxygens (including phenoxy) is 2. The number of nitrogens with two attached hydrogens (primary N) is 1. The minimum Gasteiger partial charge on any atom is -0.462 e. The van der Waals surface area contributed by atoms with Crippen molar-refractivity contribution in [1.29, 1.82) is 0 Å². The summed E-state index contributed by atoms with van der Waals surface area (Å²) >= 11 is 0. The summed E-state index contributed by atoms with van der Waals surface area (Å²) in [7, 11) is 0. The van der Waals surface area contributed by atoms with E-state index in [4.69, 9.17) is 15.2 Å². The van der Waals surface area contributed by atoms with Gasteiger partial charge < -0.3 is 20.5 Å². The molecule has 5 nitrogen and oxygen atoms in total. The lowest BCUT2D eigenvalue weighted by molar-refractivity contribution is -0.146. The molecule has 1 rings (SSSR count). The molecule has 3 N–H and O–H groups in total. The lowest BCUT2D eigenvalue weighted by Crippen LogP contribution is -2.41. The fourth-order valence-corrected chi connectivity index (χ4v) is 0.972. The van der Waals surface area contributed by atoms with Crippen LogP contribution in [0.4, 0.5) is 0 Å². The Labute approximate surface area is 71.2 Å². The van der Waals surface area contributed by atoms with Gasteiger partial charge in [-0.2, -0.15) is 0 Å². The number of rotatable bonds is 3. The fourth-order valence-electron chi connectivity index (χ4n) is 0.972. The third kappa shape index (κ3) is 3.17. The van der Waals surface area contributed by atoms with Crippen LogP contribution in [0.15, 0.2) is 0 Å². The first-order chi connectivity index (χ1) is 5.83. The van der Waals surface area contributed by atoms with Gasteiger partial charge in [0.2, 0.25) is 0 Å². The van der Waals surface area contributed by atoms with Gasteiger partial charge in [-0.25, -0.2) is 0 Å². The van der Waals surface area contributed by atoms with E-state index in [1.807, 2.05) is 0 Å². The van der Waals surface area contributed by atoms with Gasteiger partial charge in [-0.05, 0) is 0 Å². The summed E-state index contributed by atoms with van der Waals surface area (Å²) < 4.78 is 10.1. The van der Waals surface area contributed by atoms with Gasteiger partial charge in [0.05, 0.1) is 13.2 Å². The summed E-state index contributed by atoms with van der Waals surface area (Å²) in [6, 6.07) is 0. The summed E-state index contributed by atoms with van der Waals surface area (Å²) in [5.74, 6) is -0.385. The molecule has 0 aromatic rings. The van der Waals surface area contributed by atoms with Crippen molar-refractivity contribution in [2.75, 3.05) is 32.8 Å². The first kappa shape index (κ1) is 9.44. The summed E-state index contributed by atoms with van der Waals surface area (Å²) in [6.07, 6.45) is -0.0192. The molecule has 1 atom stereocenters. The highest BCUT2D eigenvalue weighted by Crippen LogP contribution is 1.96. The quantitative estimate of drug-likeness (QED) is 0.508. The topological polar surface area (TPSA) is 73.6 Å². The first-order valence-corrected chi connectivity index (χ1v) is 4.01. The predicted molar refractivity (Wildman–Crippen MR) is 42.6 cm³/mol. The Bertz CT molecular complexity index is 146. The van der Waals surface area contributed by atoms with Crippen LogP contribution in [0.2, 0.25) is 0 Å². The third-order valence-corrected chi connectivity index (χ3v) is 1.60. The number of carbonyl (C=O) groups excluding carboxylic acids is 1. The molecule has 0 radical (unpaired) electrons. The molecule has 0 aliphatic carbocycles. The van der Waals surface area contributed by atoms with Crippen LogP contribution in [0.5, 0.6) is 0 Å². The van der Waals surface area contributed by atoms with Gasteiger partial charge >= 0.3 is 5.97 Å². The lowest BCUT2D eigenvalue weighted by Gasteiger charge is -2.22. The standard InChI is InChI=1S/C7H14N2O3/c8-3-7(10)12-5-6-4-9-1-2-11-6/h6,9H,1-5,8H2. The Morgan fingerprint density at radius 3 is 3.17 bits per heavy atom. The predicted octanol–water partition coefficient (Wildman–Crippen LogP) is -1.52. The summed E-state index contributed by atoms with van der Waals surface area (Å²) in [6.45, 7) is 2.49. The zero-order valence-corrected chi connectivity index (χ0v) is 6.91. The van der Waals surface area contributed by atoms with Crippen LogP contribution in [0.1, 0.15) is 0 Å². The van der Waals surface area contributed by atoms with Crippen LogP contribution >= 0.6 is 0 Å². The largest absolute Gasteiger partial charge is 0.462 e. The Hall–Kier alpha value is -0.650. The average Bonchev–Trinajstić information content (AvgIpc) is 2.16. The Kier molecular flexibility index (Phi) is 3.99. The SMILES string of the molecule is NCC(=O)OCC1CNCCO1. The van der Waals surface area contributed by atoms with Gasteiger partial charge in [0, 0.05) is 13.1 Å². The number of hydrogen-bond donors (Lipinski definition) is 2. The third-order valence-electron chi connectivity index (χ3n) is 1.60. The number of nitrogens with one attached hydrogen (secondary N) is 1.